The van der Waals surface area contributed by atoms with Crippen LogP contribution >= 0.6 is 23.4 Å². The maximum absolute atomic E-state index is 12.0. The molecule has 2 aromatic carbocycles. The highest BCUT2D eigenvalue weighted by Gasteiger charge is 2.47. The number of hydrogen-bond donors (Lipinski definition) is 0. The summed E-state index contributed by atoms with van der Waals surface area (Å²) in [6.45, 7) is 0. The van der Waals surface area contributed by atoms with Crippen molar-refractivity contribution in [3.8, 4) is 0 Å². The van der Waals surface area contributed by atoms with E-state index in [-0.39, 0.29) is 23.6 Å². The van der Waals surface area contributed by atoms with E-state index in [1.54, 1.807) is 11.8 Å². The Morgan fingerprint density at radius 3 is 2.52 bits per heavy atom. The first-order valence-corrected chi connectivity index (χ1v) is 11.2. The number of aliphatic imine (C=N–C) groups is 1. The Kier molecular flexibility index (Phi) is 4.52. The minimum atomic E-state index is -3.01. The maximum Gasteiger partial charge on any atom is 0.164 e. The molecular weight excluding hydrogens is 376 g/mol. The Morgan fingerprint density at radius 1 is 1.08 bits per heavy atom. The van der Waals surface area contributed by atoms with Crippen molar-refractivity contribution in [1.82, 2.24) is 0 Å². The predicted octanol–water partition coefficient (Wildman–Crippen LogP) is 3.62. The van der Waals surface area contributed by atoms with Gasteiger partial charge in [-0.3, -0.25) is 4.99 Å². The molecule has 0 spiro atoms. The molecule has 4 rings (SSSR count). The molecule has 2 aliphatic heterocycles. The van der Waals surface area contributed by atoms with Crippen molar-refractivity contribution in [2.45, 2.75) is 17.8 Å². The number of halogens is 1. The van der Waals surface area contributed by atoms with Crippen LogP contribution in [0.2, 0.25) is 5.02 Å². The quantitative estimate of drug-likeness (QED) is 0.800. The van der Waals surface area contributed by atoms with Crippen LogP contribution in [0.3, 0.4) is 0 Å². The molecule has 0 bridgehead atoms. The predicted molar refractivity (Wildman–Crippen MR) is 105 cm³/mol. The van der Waals surface area contributed by atoms with E-state index in [2.05, 4.69) is 4.90 Å². The molecule has 2 atom stereocenters. The van der Waals surface area contributed by atoms with E-state index in [0.29, 0.717) is 0 Å². The molecule has 0 N–H and O–H groups in total. The molecule has 0 saturated carbocycles. The van der Waals surface area contributed by atoms with Gasteiger partial charge in [-0.25, -0.2) is 8.42 Å². The molecule has 0 amide bonds. The van der Waals surface area contributed by atoms with E-state index < -0.39 is 9.84 Å². The Hall–Kier alpha value is -1.50. The lowest BCUT2D eigenvalue weighted by Crippen LogP contribution is -2.39. The minimum Gasteiger partial charge on any atom is -0.315 e. The molecule has 0 aliphatic carbocycles. The number of anilines is 1. The molecule has 1 saturated heterocycles. The maximum atomic E-state index is 12.0. The zero-order valence-electron chi connectivity index (χ0n) is 13.4. The summed E-state index contributed by atoms with van der Waals surface area (Å²) in [5.41, 5.74) is 2.16. The molecule has 0 aromatic heterocycles. The van der Waals surface area contributed by atoms with Crippen LogP contribution in [0, 0.1) is 0 Å². The first-order valence-electron chi connectivity index (χ1n) is 8.02. The summed E-state index contributed by atoms with van der Waals surface area (Å²) < 4.78 is 24.0. The van der Waals surface area contributed by atoms with Gasteiger partial charge in [-0.1, -0.05) is 53.7 Å². The van der Waals surface area contributed by atoms with Crippen LogP contribution in [-0.2, 0) is 15.6 Å². The van der Waals surface area contributed by atoms with Gasteiger partial charge in [0.25, 0.3) is 0 Å². The molecule has 0 radical (unpaired) electrons. The van der Waals surface area contributed by atoms with Crippen LogP contribution in [0.4, 0.5) is 5.69 Å². The summed E-state index contributed by atoms with van der Waals surface area (Å²) in [6.07, 6.45) is 0. The van der Waals surface area contributed by atoms with Gasteiger partial charge < -0.3 is 4.90 Å². The molecule has 2 aromatic rings. The fraction of sp³-hybridized carbons (Fsp3) is 0.278. The number of para-hydroxylation sites is 1. The Morgan fingerprint density at radius 2 is 1.80 bits per heavy atom. The van der Waals surface area contributed by atoms with E-state index >= 15 is 0 Å². The van der Waals surface area contributed by atoms with Gasteiger partial charge >= 0.3 is 0 Å². The van der Waals surface area contributed by atoms with E-state index in [0.717, 1.165) is 27.2 Å². The van der Waals surface area contributed by atoms with Crippen LogP contribution in [0.25, 0.3) is 0 Å². The largest absolute Gasteiger partial charge is 0.315 e. The van der Waals surface area contributed by atoms with Crippen molar-refractivity contribution in [2.75, 3.05) is 16.4 Å². The van der Waals surface area contributed by atoms with E-state index in [1.807, 2.05) is 54.6 Å². The number of benzene rings is 2. The lowest BCUT2D eigenvalue weighted by Gasteiger charge is -2.26. The minimum absolute atomic E-state index is 0.0971. The summed E-state index contributed by atoms with van der Waals surface area (Å²) in [6, 6.07) is 17.4. The van der Waals surface area contributed by atoms with Crippen molar-refractivity contribution >= 4 is 44.1 Å². The van der Waals surface area contributed by atoms with Crippen LogP contribution in [0.5, 0.6) is 0 Å². The van der Waals surface area contributed by atoms with E-state index in [1.165, 1.54) is 0 Å². The highest BCUT2D eigenvalue weighted by Crippen LogP contribution is 2.35. The number of thioether (sulfide) groups is 1. The molecule has 130 valence electrons. The molecule has 7 heteroatoms. The fourth-order valence-electron chi connectivity index (χ4n) is 3.25. The zero-order chi connectivity index (χ0) is 17.4. The smallest absolute Gasteiger partial charge is 0.164 e. The third kappa shape index (κ3) is 3.57. The number of sulfone groups is 1. The highest BCUT2D eigenvalue weighted by atomic mass is 35.5. The second-order valence-corrected chi connectivity index (χ2v) is 9.78. The molecule has 4 nitrogen and oxygen atoms in total. The first kappa shape index (κ1) is 16.9. The second kappa shape index (κ2) is 6.67. The summed E-state index contributed by atoms with van der Waals surface area (Å²) >= 11 is 7.58. The van der Waals surface area contributed by atoms with Crippen molar-refractivity contribution in [3.05, 3.63) is 65.2 Å². The Labute approximate surface area is 156 Å². The molecular formula is C18H17ClN2O2S2. The van der Waals surface area contributed by atoms with Gasteiger partial charge in [-0.2, -0.15) is 0 Å². The van der Waals surface area contributed by atoms with Crippen LogP contribution < -0.4 is 4.90 Å². The van der Waals surface area contributed by atoms with Crippen LogP contribution in [-0.4, -0.2) is 37.2 Å². The molecule has 2 heterocycles. The van der Waals surface area contributed by atoms with Gasteiger partial charge in [-0.05, 0) is 29.8 Å². The van der Waals surface area contributed by atoms with Gasteiger partial charge in [0.1, 0.15) is 0 Å². The normalized spacial score (nSPS) is 24.2. The van der Waals surface area contributed by atoms with Gasteiger partial charge in [0.2, 0.25) is 0 Å². The van der Waals surface area contributed by atoms with Crippen molar-refractivity contribution < 1.29 is 8.42 Å². The van der Waals surface area contributed by atoms with Gasteiger partial charge in [0.15, 0.2) is 15.0 Å². The molecule has 1 fully saturated rings. The lowest BCUT2D eigenvalue weighted by molar-refractivity contribution is 0.601. The van der Waals surface area contributed by atoms with Crippen molar-refractivity contribution in [2.24, 2.45) is 4.99 Å². The average Bonchev–Trinajstić information content (AvgIpc) is 3.06. The molecule has 2 aliphatic rings. The van der Waals surface area contributed by atoms with Gasteiger partial charge in [-0.15, -0.1) is 0 Å². The number of fused-ring (bicyclic) bond motifs is 1. The van der Waals surface area contributed by atoms with Crippen molar-refractivity contribution in [1.29, 1.82) is 0 Å². The standard InChI is InChI=1S/C18H17ClN2O2S2/c19-14-8-6-13(7-9-14)10-24-18-20-16-11-25(22,23)12-17(16)21(18)15-4-2-1-3-5-15/h1-9,16-17H,10-12H2/t16-,17+/m1/s1. The molecule has 25 heavy (non-hydrogen) atoms. The summed E-state index contributed by atoms with van der Waals surface area (Å²) in [7, 11) is -3.01. The summed E-state index contributed by atoms with van der Waals surface area (Å²) in [4.78, 5) is 6.83. The summed E-state index contributed by atoms with van der Waals surface area (Å²) in [5, 5.41) is 1.61. The molecule has 0 unspecified atom stereocenters. The monoisotopic (exact) mass is 392 g/mol. The Balaban J connectivity index is 1.59. The third-order valence-corrected chi connectivity index (χ3v) is 7.41. The lowest BCUT2D eigenvalue weighted by atomic mass is 10.1. The SMILES string of the molecule is O=S1(=O)C[C@H]2N=C(SCc3ccc(Cl)cc3)N(c3ccccc3)[C@H]2C1. The summed E-state index contributed by atoms with van der Waals surface area (Å²) in [5.74, 6) is 1.08. The van der Waals surface area contributed by atoms with E-state index in [9.17, 15) is 8.42 Å². The van der Waals surface area contributed by atoms with Crippen LogP contribution in [0.15, 0.2) is 59.6 Å². The van der Waals surface area contributed by atoms with Gasteiger partial charge in [0, 0.05) is 16.5 Å². The zero-order valence-corrected chi connectivity index (χ0v) is 15.8. The number of nitrogens with zero attached hydrogens (tertiary/aromatic N) is 2. The second-order valence-electron chi connectivity index (χ2n) is 6.24. The first-order chi connectivity index (χ1) is 12.0. The Bertz CT molecular complexity index is 898. The highest BCUT2D eigenvalue weighted by molar-refractivity contribution is 8.13. The number of hydrogen-bond acceptors (Lipinski definition) is 5. The van der Waals surface area contributed by atoms with E-state index in [4.69, 9.17) is 16.6 Å². The average molecular weight is 393 g/mol. The van der Waals surface area contributed by atoms with Crippen molar-refractivity contribution in [3.63, 3.8) is 0 Å². The number of amidine groups is 1. The van der Waals surface area contributed by atoms with Crippen LogP contribution in [0.1, 0.15) is 5.56 Å². The number of rotatable bonds is 3. The third-order valence-electron chi connectivity index (χ3n) is 4.42. The van der Waals surface area contributed by atoms with Gasteiger partial charge in [0.05, 0.1) is 23.6 Å². The topological polar surface area (TPSA) is 49.7 Å². The fourth-order valence-corrected chi connectivity index (χ4v) is 6.30.